The first-order chi connectivity index (χ1) is 11.1. The number of aromatic nitrogens is 3. The minimum atomic E-state index is -0.362. The van der Waals surface area contributed by atoms with Crippen molar-refractivity contribution in [3.05, 3.63) is 41.8 Å². The second-order valence-electron chi connectivity index (χ2n) is 5.73. The van der Waals surface area contributed by atoms with Gasteiger partial charge in [-0.05, 0) is 32.4 Å². The third kappa shape index (κ3) is 3.92. The first-order valence-corrected chi connectivity index (χ1v) is 7.75. The normalized spacial score (nSPS) is 21.4. The average molecular weight is 316 g/mol. The Morgan fingerprint density at radius 2 is 2.26 bits per heavy atom. The van der Waals surface area contributed by atoms with Crippen molar-refractivity contribution in [1.82, 2.24) is 20.0 Å². The zero-order valence-corrected chi connectivity index (χ0v) is 13.3. The van der Waals surface area contributed by atoms with Gasteiger partial charge in [0.1, 0.15) is 0 Å². The summed E-state index contributed by atoms with van der Waals surface area (Å²) in [6, 6.07) is 5.72. The number of carbonyl (C=O) groups excluding carboxylic acids is 1. The molecule has 3 rings (SSSR count). The van der Waals surface area contributed by atoms with Crippen molar-refractivity contribution < 1.29 is 14.1 Å². The number of pyridine rings is 1. The fourth-order valence-electron chi connectivity index (χ4n) is 2.67. The Kier molecular flexibility index (Phi) is 4.66. The molecule has 7 nitrogen and oxygen atoms in total. The van der Waals surface area contributed by atoms with Crippen LogP contribution in [0.2, 0.25) is 0 Å². The second-order valence-corrected chi connectivity index (χ2v) is 5.73. The van der Waals surface area contributed by atoms with Gasteiger partial charge in [0.2, 0.25) is 5.91 Å². The summed E-state index contributed by atoms with van der Waals surface area (Å²) < 4.78 is 11.0. The maximum absolute atomic E-state index is 12.5. The molecule has 0 bridgehead atoms. The molecule has 0 unspecified atom stereocenters. The summed E-state index contributed by atoms with van der Waals surface area (Å²) in [6.07, 6.45) is 2.37. The molecule has 1 saturated heterocycles. The Morgan fingerprint density at radius 1 is 1.39 bits per heavy atom. The van der Waals surface area contributed by atoms with Crippen molar-refractivity contribution in [2.45, 2.75) is 38.9 Å². The highest BCUT2D eigenvalue weighted by Crippen LogP contribution is 2.24. The van der Waals surface area contributed by atoms with Crippen LogP contribution in [0.5, 0.6) is 0 Å². The zero-order valence-electron chi connectivity index (χ0n) is 13.3. The number of ether oxygens (including phenoxy) is 1. The van der Waals surface area contributed by atoms with E-state index in [1.165, 1.54) is 0 Å². The molecule has 0 N–H and O–H groups in total. The summed E-state index contributed by atoms with van der Waals surface area (Å²) in [7, 11) is 0. The van der Waals surface area contributed by atoms with Crippen LogP contribution in [-0.4, -0.2) is 45.1 Å². The Labute approximate surface area is 134 Å². The number of nitrogens with zero attached hydrogens (tertiary/aromatic N) is 4. The molecule has 0 spiro atoms. The Morgan fingerprint density at radius 3 is 2.96 bits per heavy atom. The van der Waals surface area contributed by atoms with Crippen LogP contribution in [0.1, 0.15) is 36.9 Å². The van der Waals surface area contributed by atoms with E-state index < -0.39 is 0 Å². The molecule has 1 fully saturated rings. The Bertz CT molecular complexity index is 658. The molecule has 0 radical (unpaired) electrons. The molecule has 0 aromatic carbocycles. The van der Waals surface area contributed by atoms with Crippen molar-refractivity contribution >= 4 is 5.91 Å². The molecular weight excluding hydrogens is 296 g/mol. The van der Waals surface area contributed by atoms with Gasteiger partial charge in [-0.2, -0.15) is 4.98 Å². The van der Waals surface area contributed by atoms with Gasteiger partial charge in [-0.3, -0.25) is 9.78 Å². The van der Waals surface area contributed by atoms with Gasteiger partial charge in [-0.25, -0.2) is 0 Å². The highest BCUT2D eigenvalue weighted by atomic mass is 16.5. The van der Waals surface area contributed by atoms with Gasteiger partial charge < -0.3 is 14.2 Å². The molecule has 122 valence electrons. The van der Waals surface area contributed by atoms with E-state index in [0.717, 1.165) is 5.69 Å². The monoisotopic (exact) mass is 316 g/mol. The molecule has 7 heteroatoms. The van der Waals surface area contributed by atoms with Crippen LogP contribution in [0, 0.1) is 6.92 Å². The van der Waals surface area contributed by atoms with Gasteiger partial charge in [-0.1, -0.05) is 11.2 Å². The predicted molar refractivity (Wildman–Crippen MR) is 81.5 cm³/mol. The van der Waals surface area contributed by atoms with Crippen LogP contribution >= 0.6 is 0 Å². The molecule has 2 atom stereocenters. The quantitative estimate of drug-likeness (QED) is 0.854. The first-order valence-electron chi connectivity index (χ1n) is 7.75. The molecule has 3 heterocycles. The van der Waals surface area contributed by atoms with E-state index in [0.29, 0.717) is 37.6 Å². The third-order valence-corrected chi connectivity index (χ3v) is 3.75. The zero-order chi connectivity index (χ0) is 16.2. The summed E-state index contributed by atoms with van der Waals surface area (Å²) in [6.45, 7) is 4.71. The number of hydrogen-bond acceptors (Lipinski definition) is 6. The van der Waals surface area contributed by atoms with E-state index >= 15 is 0 Å². The Hall–Kier alpha value is -2.28. The molecule has 2 aromatic rings. The van der Waals surface area contributed by atoms with Gasteiger partial charge in [0.15, 0.2) is 11.9 Å². The topological polar surface area (TPSA) is 81.4 Å². The molecule has 1 aliphatic heterocycles. The molecule has 23 heavy (non-hydrogen) atoms. The highest BCUT2D eigenvalue weighted by molar-refractivity contribution is 5.76. The number of rotatable bonds is 4. The lowest BCUT2D eigenvalue weighted by Gasteiger charge is -2.35. The smallest absolute Gasteiger partial charge is 0.257 e. The lowest BCUT2D eigenvalue weighted by Crippen LogP contribution is -2.46. The largest absolute Gasteiger partial charge is 0.362 e. The number of aryl methyl sites for hydroxylation is 2. The molecule has 1 amide bonds. The molecular formula is C16H20N4O3. The summed E-state index contributed by atoms with van der Waals surface area (Å²) in [5.41, 5.74) is 0.922. The van der Waals surface area contributed by atoms with Crippen LogP contribution in [0.3, 0.4) is 0 Å². The standard InChI is InChI=1S/C16H20N4O3/c1-11-9-20(10-14(22-11)16-18-12(2)19-23-16)15(21)7-6-13-5-3-4-8-17-13/h3-5,8,11,14H,6-7,9-10H2,1-2H3/t11-,14-/m1/s1. The van der Waals surface area contributed by atoms with Crippen LogP contribution in [0.25, 0.3) is 0 Å². The number of morpholine rings is 1. The minimum Gasteiger partial charge on any atom is -0.362 e. The van der Waals surface area contributed by atoms with Gasteiger partial charge in [0.25, 0.3) is 5.89 Å². The van der Waals surface area contributed by atoms with Gasteiger partial charge in [0, 0.05) is 24.9 Å². The van der Waals surface area contributed by atoms with Gasteiger partial charge in [0.05, 0.1) is 12.6 Å². The van der Waals surface area contributed by atoms with Crippen LogP contribution < -0.4 is 0 Å². The van der Waals surface area contributed by atoms with Crippen molar-refractivity contribution in [3.63, 3.8) is 0 Å². The summed E-state index contributed by atoms with van der Waals surface area (Å²) >= 11 is 0. The van der Waals surface area contributed by atoms with E-state index in [2.05, 4.69) is 15.1 Å². The van der Waals surface area contributed by atoms with E-state index in [4.69, 9.17) is 9.26 Å². The molecule has 2 aromatic heterocycles. The predicted octanol–water partition coefficient (Wildman–Crippen LogP) is 1.69. The lowest BCUT2D eigenvalue weighted by atomic mass is 10.1. The van der Waals surface area contributed by atoms with Crippen LogP contribution in [-0.2, 0) is 16.0 Å². The van der Waals surface area contributed by atoms with Crippen molar-refractivity contribution in [1.29, 1.82) is 0 Å². The maximum atomic E-state index is 12.5. The molecule has 0 aliphatic carbocycles. The number of hydrogen-bond donors (Lipinski definition) is 0. The molecule has 1 aliphatic rings. The van der Waals surface area contributed by atoms with Crippen molar-refractivity contribution in [3.8, 4) is 0 Å². The highest BCUT2D eigenvalue weighted by Gasteiger charge is 2.32. The summed E-state index contributed by atoms with van der Waals surface area (Å²) in [5, 5.41) is 3.78. The average Bonchev–Trinajstić information content (AvgIpc) is 2.99. The van der Waals surface area contributed by atoms with Crippen LogP contribution in [0.4, 0.5) is 0 Å². The van der Waals surface area contributed by atoms with Crippen molar-refractivity contribution in [2.75, 3.05) is 13.1 Å². The summed E-state index contributed by atoms with van der Waals surface area (Å²) in [4.78, 5) is 22.7. The van der Waals surface area contributed by atoms with Gasteiger partial charge in [-0.15, -0.1) is 0 Å². The molecule has 0 saturated carbocycles. The lowest BCUT2D eigenvalue weighted by molar-refractivity contribution is -0.146. The van der Waals surface area contributed by atoms with Crippen LogP contribution in [0.15, 0.2) is 28.9 Å². The Balaban J connectivity index is 1.61. The van der Waals surface area contributed by atoms with Gasteiger partial charge >= 0.3 is 0 Å². The number of amides is 1. The summed E-state index contributed by atoms with van der Waals surface area (Å²) in [5.74, 6) is 1.08. The number of carbonyl (C=O) groups is 1. The van der Waals surface area contributed by atoms with E-state index in [1.807, 2.05) is 25.1 Å². The first kappa shape index (κ1) is 15.6. The maximum Gasteiger partial charge on any atom is 0.257 e. The SMILES string of the molecule is Cc1noc([C@H]2CN(C(=O)CCc3ccccn3)C[C@@H](C)O2)n1. The van der Waals surface area contributed by atoms with Crippen molar-refractivity contribution in [2.24, 2.45) is 0 Å². The second kappa shape index (κ2) is 6.87. The minimum absolute atomic E-state index is 0.0697. The fourth-order valence-corrected chi connectivity index (χ4v) is 2.67. The fraction of sp³-hybridized carbons (Fsp3) is 0.500. The van der Waals surface area contributed by atoms with E-state index in [-0.39, 0.29) is 18.1 Å². The third-order valence-electron chi connectivity index (χ3n) is 3.75. The van der Waals surface area contributed by atoms with E-state index in [9.17, 15) is 4.79 Å². The van der Waals surface area contributed by atoms with E-state index in [1.54, 1.807) is 18.0 Å².